The van der Waals surface area contributed by atoms with Crippen LogP contribution in [0.15, 0.2) is 18.2 Å². The lowest BCUT2D eigenvalue weighted by Crippen LogP contribution is -2.31. The number of anilines is 1. The van der Waals surface area contributed by atoms with Crippen LogP contribution in [0.25, 0.3) is 0 Å². The van der Waals surface area contributed by atoms with Gasteiger partial charge in [-0.05, 0) is 30.4 Å². The Kier molecular flexibility index (Phi) is 4.66. The maximum Gasteiger partial charge on any atom is 0.257 e. The van der Waals surface area contributed by atoms with Gasteiger partial charge in [-0.25, -0.2) is 0 Å². The molecule has 0 saturated carbocycles. The molecule has 1 amide bonds. The van der Waals surface area contributed by atoms with Crippen molar-refractivity contribution in [2.24, 2.45) is 5.92 Å². The Bertz CT molecular complexity index is 444. The molecule has 0 fully saturated rings. The van der Waals surface area contributed by atoms with E-state index >= 15 is 0 Å². The van der Waals surface area contributed by atoms with Crippen molar-refractivity contribution in [1.29, 1.82) is 0 Å². The highest BCUT2D eigenvalue weighted by molar-refractivity contribution is 5.78. The van der Waals surface area contributed by atoms with Crippen molar-refractivity contribution in [1.82, 2.24) is 5.32 Å². The molecule has 0 spiro atoms. The Morgan fingerprint density at radius 2 is 2.32 bits per heavy atom. The van der Waals surface area contributed by atoms with Crippen LogP contribution in [0.5, 0.6) is 5.75 Å². The van der Waals surface area contributed by atoms with E-state index in [1.165, 1.54) is 5.56 Å². The van der Waals surface area contributed by atoms with E-state index in [1.807, 2.05) is 12.1 Å². The molecule has 0 radical (unpaired) electrons. The van der Waals surface area contributed by atoms with Crippen LogP contribution < -0.4 is 15.4 Å². The fraction of sp³-hybridized carbons (Fsp3) is 0.533. The number of carbonyl (C=O) groups is 1. The van der Waals surface area contributed by atoms with Gasteiger partial charge in [0, 0.05) is 13.1 Å². The molecule has 1 heterocycles. The van der Waals surface area contributed by atoms with E-state index in [9.17, 15) is 4.79 Å². The number of benzene rings is 1. The van der Waals surface area contributed by atoms with Crippen molar-refractivity contribution < 1.29 is 9.53 Å². The van der Waals surface area contributed by atoms with Crippen LogP contribution in [-0.4, -0.2) is 25.6 Å². The maximum absolute atomic E-state index is 11.6. The van der Waals surface area contributed by atoms with Gasteiger partial charge in [-0.2, -0.15) is 0 Å². The third-order valence-corrected chi connectivity index (χ3v) is 3.10. The zero-order valence-electron chi connectivity index (χ0n) is 11.7. The molecule has 2 rings (SSSR count). The van der Waals surface area contributed by atoms with E-state index in [0.717, 1.165) is 30.8 Å². The topological polar surface area (TPSA) is 50.4 Å². The van der Waals surface area contributed by atoms with Crippen LogP contribution in [0.3, 0.4) is 0 Å². The van der Waals surface area contributed by atoms with Gasteiger partial charge in [0.05, 0.1) is 5.69 Å². The third-order valence-electron chi connectivity index (χ3n) is 3.10. The summed E-state index contributed by atoms with van der Waals surface area (Å²) in [7, 11) is 0. The van der Waals surface area contributed by atoms with Crippen LogP contribution in [-0.2, 0) is 11.2 Å². The Hall–Kier alpha value is -1.71. The molecular formula is C15H22N2O2. The molecule has 4 heteroatoms. The first-order chi connectivity index (χ1) is 9.16. The average Bonchev–Trinajstić information content (AvgIpc) is 2.42. The molecule has 1 aromatic rings. The average molecular weight is 262 g/mol. The standard InChI is InChI=1S/C15H22N2O2/c1-11(2)9-17-14(18)10-19-13-7-3-5-12-6-4-8-16-15(12)13/h3,5,7,11,16H,4,6,8-10H2,1-2H3,(H,17,18). The van der Waals surface area contributed by atoms with Crippen LogP contribution in [0.4, 0.5) is 5.69 Å². The summed E-state index contributed by atoms with van der Waals surface area (Å²) in [6.07, 6.45) is 2.21. The van der Waals surface area contributed by atoms with Crippen LogP contribution >= 0.6 is 0 Å². The molecule has 0 atom stereocenters. The number of ether oxygens (including phenoxy) is 1. The first-order valence-corrected chi connectivity index (χ1v) is 6.92. The fourth-order valence-electron chi connectivity index (χ4n) is 2.11. The first-order valence-electron chi connectivity index (χ1n) is 6.92. The van der Waals surface area contributed by atoms with Gasteiger partial charge in [-0.1, -0.05) is 26.0 Å². The number of carbonyl (C=O) groups excluding carboxylic acids is 1. The van der Waals surface area contributed by atoms with E-state index < -0.39 is 0 Å². The van der Waals surface area contributed by atoms with E-state index in [4.69, 9.17) is 4.74 Å². The quantitative estimate of drug-likeness (QED) is 0.855. The number of fused-ring (bicyclic) bond motifs is 1. The zero-order valence-corrected chi connectivity index (χ0v) is 11.7. The van der Waals surface area contributed by atoms with E-state index in [-0.39, 0.29) is 12.5 Å². The van der Waals surface area contributed by atoms with Gasteiger partial charge in [-0.3, -0.25) is 4.79 Å². The van der Waals surface area contributed by atoms with Crippen LogP contribution in [0, 0.1) is 5.92 Å². The molecule has 0 aromatic heterocycles. The number of aryl methyl sites for hydroxylation is 1. The second kappa shape index (κ2) is 6.45. The molecule has 4 nitrogen and oxygen atoms in total. The Balaban J connectivity index is 1.91. The van der Waals surface area contributed by atoms with E-state index in [0.29, 0.717) is 12.5 Å². The van der Waals surface area contributed by atoms with Gasteiger partial charge in [-0.15, -0.1) is 0 Å². The minimum absolute atomic E-state index is 0.0675. The smallest absolute Gasteiger partial charge is 0.257 e. The molecule has 1 aromatic carbocycles. The highest BCUT2D eigenvalue weighted by Gasteiger charge is 2.14. The van der Waals surface area contributed by atoms with Crippen molar-refractivity contribution in [3.8, 4) is 5.75 Å². The van der Waals surface area contributed by atoms with E-state index in [2.05, 4.69) is 30.5 Å². The van der Waals surface area contributed by atoms with Crippen molar-refractivity contribution in [2.75, 3.05) is 25.0 Å². The number of hydrogen-bond donors (Lipinski definition) is 2. The minimum atomic E-state index is -0.0675. The molecule has 0 saturated heterocycles. The number of nitrogens with one attached hydrogen (secondary N) is 2. The predicted octanol–water partition coefficient (Wildman–Crippen LogP) is 2.20. The molecule has 0 aliphatic carbocycles. The normalized spacial score (nSPS) is 13.6. The Morgan fingerprint density at radius 3 is 3.11 bits per heavy atom. The summed E-state index contributed by atoms with van der Waals surface area (Å²) in [4.78, 5) is 11.6. The first kappa shape index (κ1) is 13.7. The number of amides is 1. The minimum Gasteiger partial charge on any atom is -0.482 e. The summed E-state index contributed by atoms with van der Waals surface area (Å²) >= 11 is 0. The van der Waals surface area contributed by atoms with Gasteiger partial charge in [0.1, 0.15) is 5.75 Å². The van der Waals surface area contributed by atoms with Crippen molar-refractivity contribution in [3.63, 3.8) is 0 Å². The monoisotopic (exact) mass is 262 g/mol. The lowest BCUT2D eigenvalue weighted by molar-refractivity contribution is -0.123. The largest absolute Gasteiger partial charge is 0.482 e. The molecule has 1 aliphatic heterocycles. The van der Waals surface area contributed by atoms with Gasteiger partial charge >= 0.3 is 0 Å². The van der Waals surface area contributed by atoms with Crippen LogP contribution in [0.2, 0.25) is 0 Å². The third kappa shape index (κ3) is 3.88. The molecular weight excluding hydrogens is 240 g/mol. The summed E-state index contributed by atoms with van der Waals surface area (Å²) < 4.78 is 5.62. The van der Waals surface area contributed by atoms with Gasteiger partial charge < -0.3 is 15.4 Å². The van der Waals surface area contributed by atoms with Gasteiger partial charge in [0.15, 0.2) is 6.61 Å². The van der Waals surface area contributed by atoms with Crippen molar-refractivity contribution in [2.45, 2.75) is 26.7 Å². The number of para-hydroxylation sites is 1. The second-order valence-electron chi connectivity index (χ2n) is 5.31. The molecule has 104 valence electrons. The zero-order chi connectivity index (χ0) is 13.7. The molecule has 0 bridgehead atoms. The molecule has 2 N–H and O–H groups in total. The SMILES string of the molecule is CC(C)CNC(=O)COc1cccc2c1NCCC2. The molecule has 19 heavy (non-hydrogen) atoms. The summed E-state index contributed by atoms with van der Waals surface area (Å²) in [5.74, 6) is 1.16. The Morgan fingerprint density at radius 1 is 1.47 bits per heavy atom. The summed E-state index contributed by atoms with van der Waals surface area (Å²) in [5, 5.41) is 6.20. The van der Waals surface area contributed by atoms with Crippen molar-refractivity contribution >= 4 is 11.6 Å². The number of rotatable bonds is 5. The van der Waals surface area contributed by atoms with Gasteiger partial charge in [0.25, 0.3) is 5.91 Å². The Labute approximate surface area is 114 Å². The lowest BCUT2D eigenvalue weighted by Gasteiger charge is -2.21. The maximum atomic E-state index is 11.6. The van der Waals surface area contributed by atoms with E-state index in [1.54, 1.807) is 0 Å². The second-order valence-corrected chi connectivity index (χ2v) is 5.31. The van der Waals surface area contributed by atoms with Crippen LogP contribution in [0.1, 0.15) is 25.8 Å². The molecule has 1 aliphatic rings. The lowest BCUT2D eigenvalue weighted by atomic mass is 10.0. The highest BCUT2D eigenvalue weighted by Crippen LogP contribution is 2.31. The summed E-state index contributed by atoms with van der Waals surface area (Å²) in [6, 6.07) is 5.99. The highest BCUT2D eigenvalue weighted by atomic mass is 16.5. The molecule has 0 unspecified atom stereocenters. The number of hydrogen-bond acceptors (Lipinski definition) is 3. The fourth-order valence-corrected chi connectivity index (χ4v) is 2.11. The summed E-state index contributed by atoms with van der Waals surface area (Å²) in [6.45, 7) is 5.86. The summed E-state index contributed by atoms with van der Waals surface area (Å²) in [5.41, 5.74) is 2.32. The van der Waals surface area contributed by atoms with Gasteiger partial charge in [0.2, 0.25) is 0 Å². The van der Waals surface area contributed by atoms with Crippen molar-refractivity contribution in [3.05, 3.63) is 23.8 Å². The predicted molar refractivity (Wildman–Crippen MR) is 76.6 cm³/mol.